The predicted octanol–water partition coefficient (Wildman–Crippen LogP) is 2.31. The molecule has 1 rings (SSSR count). The zero-order chi connectivity index (χ0) is 14.3. The van der Waals surface area contributed by atoms with E-state index in [2.05, 4.69) is 4.72 Å². The summed E-state index contributed by atoms with van der Waals surface area (Å²) in [6.45, 7) is 4.83. The van der Waals surface area contributed by atoms with Crippen LogP contribution in [0.4, 0.5) is 4.39 Å². The third kappa shape index (κ3) is 6.13. The van der Waals surface area contributed by atoms with Gasteiger partial charge in [0.05, 0.1) is 11.0 Å². The molecule has 0 unspecified atom stereocenters. The molecule has 0 aliphatic rings. The lowest BCUT2D eigenvalue weighted by molar-refractivity contribution is 0.0762. The Morgan fingerprint density at radius 3 is 2.68 bits per heavy atom. The Bertz CT molecular complexity index is 488. The van der Waals surface area contributed by atoms with Gasteiger partial charge in [-0.3, -0.25) is 0 Å². The molecule has 0 aliphatic heterocycles. The van der Waals surface area contributed by atoms with Gasteiger partial charge in [0.1, 0.15) is 5.82 Å². The topological polar surface area (TPSA) is 55.4 Å². The van der Waals surface area contributed by atoms with E-state index in [4.69, 9.17) is 4.74 Å². The molecule has 1 aromatic carbocycles. The van der Waals surface area contributed by atoms with Crippen LogP contribution in [0, 0.1) is 5.82 Å². The molecule has 1 aromatic rings. The lowest BCUT2D eigenvalue weighted by atomic mass is 10.3. The fourth-order valence-electron chi connectivity index (χ4n) is 1.47. The predicted molar refractivity (Wildman–Crippen MR) is 71.9 cm³/mol. The van der Waals surface area contributed by atoms with Crippen molar-refractivity contribution in [3.8, 4) is 0 Å². The Labute approximate surface area is 114 Å². The van der Waals surface area contributed by atoms with E-state index in [1.165, 1.54) is 18.2 Å². The second kappa shape index (κ2) is 7.57. The molecular formula is C13H20FNO3S. The van der Waals surface area contributed by atoms with Crippen LogP contribution in [0.25, 0.3) is 0 Å². The zero-order valence-corrected chi connectivity index (χ0v) is 12.0. The summed E-state index contributed by atoms with van der Waals surface area (Å²) in [6.07, 6.45) is 1.65. The Balaban J connectivity index is 2.36. The van der Waals surface area contributed by atoms with Gasteiger partial charge in [-0.1, -0.05) is 6.07 Å². The number of halogens is 1. The number of benzene rings is 1. The van der Waals surface area contributed by atoms with Crippen LogP contribution in [0.2, 0.25) is 0 Å². The van der Waals surface area contributed by atoms with E-state index in [0.717, 1.165) is 12.5 Å². The standard InChI is InChI=1S/C13H20FNO3S/c1-11(2)18-9-4-3-8-15-19(16,17)13-7-5-6-12(14)10-13/h5-7,10-11,15H,3-4,8-9H2,1-2H3. The SMILES string of the molecule is CC(C)OCCCCNS(=O)(=O)c1cccc(F)c1. The van der Waals surface area contributed by atoms with Crippen LogP contribution in [-0.4, -0.2) is 27.7 Å². The number of unbranched alkanes of at least 4 members (excludes halogenated alkanes) is 1. The Kier molecular flexibility index (Phi) is 6.41. The van der Waals surface area contributed by atoms with Crippen LogP contribution in [0.15, 0.2) is 29.2 Å². The van der Waals surface area contributed by atoms with E-state index in [1.807, 2.05) is 13.8 Å². The molecule has 6 heteroatoms. The van der Waals surface area contributed by atoms with Crippen LogP contribution in [0.5, 0.6) is 0 Å². The second-order valence-corrected chi connectivity index (χ2v) is 6.25. The molecule has 108 valence electrons. The third-order valence-corrected chi connectivity index (χ3v) is 3.88. The van der Waals surface area contributed by atoms with Gasteiger partial charge in [-0.05, 0) is 44.9 Å². The summed E-state index contributed by atoms with van der Waals surface area (Å²) in [4.78, 5) is -0.0501. The van der Waals surface area contributed by atoms with Gasteiger partial charge >= 0.3 is 0 Å². The van der Waals surface area contributed by atoms with Crippen molar-refractivity contribution >= 4 is 10.0 Å². The van der Waals surface area contributed by atoms with E-state index < -0.39 is 15.8 Å². The summed E-state index contributed by atoms with van der Waals surface area (Å²) < 4.78 is 44.4. The summed E-state index contributed by atoms with van der Waals surface area (Å²) in [7, 11) is -3.62. The van der Waals surface area contributed by atoms with Gasteiger partial charge in [0.15, 0.2) is 0 Å². The molecule has 0 atom stereocenters. The van der Waals surface area contributed by atoms with Crippen molar-refractivity contribution in [1.29, 1.82) is 0 Å². The van der Waals surface area contributed by atoms with Crippen LogP contribution >= 0.6 is 0 Å². The lowest BCUT2D eigenvalue weighted by Crippen LogP contribution is -2.25. The molecule has 0 saturated heterocycles. The molecule has 1 N–H and O–H groups in total. The van der Waals surface area contributed by atoms with Crippen LogP contribution in [0.3, 0.4) is 0 Å². The highest BCUT2D eigenvalue weighted by Gasteiger charge is 2.13. The number of hydrogen-bond acceptors (Lipinski definition) is 3. The van der Waals surface area contributed by atoms with Crippen LogP contribution < -0.4 is 4.72 Å². The first kappa shape index (κ1) is 16.1. The van der Waals surface area contributed by atoms with Gasteiger partial charge in [-0.15, -0.1) is 0 Å². The molecule has 0 amide bonds. The largest absolute Gasteiger partial charge is 0.379 e. The molecule has 4 nitrogen and oxygen atoms in total. The first-order chi connectivity index (χ1) is 8.92. The highest BCUT2D eigenvalue weighted by Crippen LogP contribution is 2.10. The number of rotatable bonds is 8. The molecule has 0 fully saturated rings. The number of hydrogen-bond donors (Lipinski definition) is 1. The summed E-state index contributed by atoms with van der Waals surface area (Å²) in [6, 6.07) is 4.96. The van der Waals surface area contributed by atoms with E-state index in [9.17, 15) is 12.8 Å². The minimum absolute atomic E-state index is 0.0501. The summed E-state index contributed by atoms with van der Waals surface area (Å²) in [5, 5.41) is 0. The fraction of sp³-hybridized carbons (Fsp3) is 0.538. The summed E-state index contributed by atoms with van der Waals surface area (Å²) in [5.74, 6) is -0.562. The van der Waals surface area contributed by atoms with E-state index >= 15 is 0 Å². The van der Waals surface area contributed by atoms with Crippen molar-refractivity contribution in [2.75, 3.05) is 13.2 Å². The second-order valence-electron chi connectivity index (χ2n) is 4.48. The molecule has 0 radical (unpaired) electrons. The third-order valence-electron chi connectivity index (χ3n) is 2.42. The smallest absolute Gasteiger partial charge is 0.240 e. The van der Waals surface area contributed by atoms with Gasteiger partial charge in [0.25, 0.3) is 0 Å². The molecule has 0 heterocycles. The van der Waals surface area contributed by atoms with Gasteiger partial charge in [-0.2, -0.15) is 0 Å². The molecule has 0 saturated carbocycles. The highest BCUT2D eigenvalue weighted by molar-refractivity contribution is 7.89. The Morgan fingerprint density at radius 1 is 1.32 bits per heavy atom. The first-order valence-corrected chi connectivity index (χ1v) is 7.77. The first-order valence-electron chi connectivity index (χ1n) is 6.28. The summed E-state index contributed by atoms with van der Waals surface area (Å²) in [5.41, 5.74) is 0. The van der Waals surface area contributed by atoms with Crippen LogP contribution in [-0.2, 0) is 14.8 Å². The molecular weight excluding hydrogens is 269 g/mol. The molecule has 0 aliphatic carbocycles. The molecule has 19 heavy (non-hydrogen) atoms. The minimum Gasteiger partial charge on any atom is -0.379 e. The quantitative estimate of drug-likeness (QED) is 0.747. The van der Waals surface area contributed by atoms with Crippen molar-refractivity contribution in [2.24, 2.45) is 0 Å². The molecule has 0 bridgehead atoms. The zero-order valence-electron chi connectivity index (χ0n) is 11.2. The van der Waals surface area contributed by atoms with Gasteiger partial charge in [0, 0.05) is 13.2 Å². The maximum absolute atomic E-state index is 13.0. The van der Waals surface area contributed by atoms with Crippen molar-refractivity contribution in [1.82, 2.24) is 4.72 Å². The van der Waals surface area contributed by atoms with E-state index in [0.29, 0.717) is 19.6 Å². The summed E-state index contributed by atoms with van der Waals surface area (Å²) >= 11 is 0. The number of ether oxygens (including phenoxy) is 1. The molecule has 0 spiro atoms. The monoisotopic (exact) mass is 289 g/mol. The van der Waals surface area contributed by atoms with Gasteiger partial charge in [0.2, 0.25) is 10.0 Å². The maximum Gasteiger partial charge on any atom is 0.240 e. The number of nitrogens with one attached hydrogen (secondary N) is 1. The Morgan fingerprint density at radius 2 is 2.05 bits per heavy atom. The van der Waals surface area contributed by atoms with Crippen molar-refractivity contribution < 1.29 is 17.5 Å². The minimum atomic E-state index is -3.62. The molecule has 0 aromatic heterocycles. The van der Waals surface area contributed by atoms with Crippen LogP contribution in [0.1, 0.15) is 26.7 Å². The van der Waals surface area contributed by atoms with Crippen molar-refractivity contribution in [3.63, 3.8) is 0 Å². The van der Waals surface area contributed by atoms with Crippen molar-refractivity contribution in [3.05, 3.63) is 30.1 Å². The average Bonchev–Trinajstić information content (AvgIpc) is 2.33. The van der Waals surface area contributed by atoms with Crippen molar-refractivity contribution in [2.45, 2.75) is 37.7 Å². The highest BCUT2D eigenvalue weighted by atomic mass is 32.2. The van der Waals surface area contributed by atoms with Gasteiger partial charge in [-0.25, -0.2) is 17.5 Å². The number of sulfonamides is 1. The lowest BCUT2D eigenvalue weighted by Gasteiger charge is -2.08. The fourth-order valence-corrected chi connectivity index (χ4v) is 2.58. The van der Waals surface area contributed by atoms with E-state index in [-0.39, 0.29) is 11.0 Å². The maximum atomic E-state index is 13.0. The van der Waals surface area contributed by atoms with Gasteiger partial charge < -0.3 is 4.74 Å². The van der Waals surface area contributed by atoms with E-state index in [1.54, 1.807) is 0 Å². The average molecular weight is 289 g/mol. The Hall–Kier alpha value is -0.980. The normalized spacial score (nSPS) is 12.0.